The smallest absolute Gasteiger partial charge is 0.407 e. The summed E-state index contributed by atoms with van der Waals surface area (Å²) in [6.45, 7) is 2.67. The number of pyridine rings is 1. The molecule has 2 aliphatic rings. The third kappa shape index (κ3) is 4.45. The molecule has 2 aliphatic heterocycles. The molecule has 3 rings (SSSR count). The third-order valence-electron chi connectivity index (χ3n) is 4.26. The first kappa shape index (κ1) is 15.8. The summed E-state index contributed by atoms with van der Waals surface area (Å²) < 4.78 is 11.3. The zero-order valence-electron chi connectivity index (χ0n) is 13.1. The Morgan fingerprint density at radius 1 is 1.35 bits per heavy atom. The van der Waals surface area contributed by atoms with Crippen LogP contribution in [0.1, 0.15) is 24.8 Å². The van der Waals surface area contributed by atoms with Gasteiger partial charge < -0.3 is 19.5 Å². The number of rotatable bonds is 4. The van der Waals surface area contributed by atoms with Gasteiger partial charge >= 0.3 is 6.09 Å². The molecule has 0 aromatic carbocycles. The van der Waals surface area contributed by atoms with Crippen molar-refractivity contribution in [3.8, 4) is 5.75 Å². The van der Waals surface area contributed by atoms with Crippen molar-refractivity contribution >= 4 is 12.2 Å². The van der Waals surface area contributed by atoms with Crippen molar-refractivity contribution in [2.45, 2.75) is 25.4 Å². The third-order valence-corrected chi connectivity index (χ3v) is 4.26. The maximum Gasteiger partial charge on any atom is 0.407 e. The summed E-state index contributed by atoms with van der Waals surface area (Å²) in [6.07, 6.45) is 9.64. The average molecular weight is 318 g/mol. The van der Waals surface area contributed by atoms with Crippen LogP contribution in [0.3, 0.4) is 0 Å². The molecule has 6 nitrogen and oxygen atoms in total. The van der Waals surface area contributed by atoms with E-state index >= 15 is 0 Å². The van der Waals surface area contributed by atoms with Crippen molar-refractivity contribution in [2.24, 2.45) is 5.92 Å². The molecule has 0 aliphatic carbocycles. The predicted octanol–water partition coefficient (Wildman–Crippen LogP) is 2.65. The summed E-state index contributed by atoms with van der Waals surface area (Å²) in [5, 5.41) is 8.97. The molecule has 1 N–H and O–H groups in total. The zero-order valence-corrected chi connectivity index (χ0v) is 13.1. The number of ether oxygens (including phenoxy) is 2. The topological polar surface area (TPSA) is 71.9 Å². The van der Waals surface area contributed by atoms with Gasteiger partial charge in [-0.15, -0.1) is 0 Å². The molecule has 3 heterocycles. The van der Waals surface area contributed by atoms with E-state index in [-0.39, 0.29) is 12.0 Å². The van der Waals surface area contributed by atoms with Crippen LogP contribution in [0.25, 0.3) is 6.08 Å². The number of carboxylic acid groups (broad SMARTS) is 1. The molecule has 0 unspecified atom stereocenters. The van der Waals surface area contributed by atoms with E-state index in [0.717, 1.165) is 43.8 Å². The minimum Gasteiger partial charge on any atom is -0.489 e. The van der Waals surface area contributed by atoms with Gasteiger partial charge in [0.05, 0.1) is 19.4 Å². The minimum absolute atomic E-state index is 0.198. The fraction of sp³-hybridized carbons (Fsp3) is 0.529. The highest BCUT2D eigenvalue weighted by Gasteiger charge is 2.23. The average Bonchev–Trinajstić information content (AvgIpc) is 3.04. The van der Waals surface area contributed by atoms with E-state index in [0.29, 0.717) is 13.1 Å². The van der Waals surface area contributed by atoms with Crippen molar-refractivity contribution in [3.63, 3.8) is 0 Å². The van der Waals surface area contributed by atoms with Crippen molar-refractivity contribution in [3.05, 3.63) is 30.1 Å². The van der Waals surface area contributed by atoms with E-state index in [4.69, 9.17) is 14.6 Å². The molecular formula is C17H22N2O4. The van der Waals surface area contributed by atoms with Gasteiger partial charge in [-0.3, -0.25) is 4.98 Å². The van der Waals surface area contributed by atoms with Gasteiger partial charge in [-0.1, -0.05) is 12.2 Å². The summed E-state index contributed by atoms with van der Waals surface area (Å²) in [6, 6.07) is 1.98. The quantitative estimate of drug-likeness (QED) is 0.924. The molecule has 0 spiro atoms. The number of nitrogens with zero attached hydrogens (tertiary/aromatic N) is 2. The van der Waals surface area contributed by atoms with E-state index < -0.39 is 6.09 Å². The van der Waals surface area contributed by atoms with E-state index in [1.54, 1.807) is 12.4 Å². The van der Waals surface area contributed by atoms with Gasteiger partial charge in [0.15, 0.2) is 0 Å². The number of aromatic nitrogens is 1. The molecule has 6 heteroatoms. The minimum atomic E-state index is -0.838. The maximum atomic E-state index is 10.9. The number of carbonyl (C=O) groups is 1. The lowest BCUT2D eigenvalue weighted by atomic mass is 10.1. The lowest BCUT2D eigenvalue weighted by Gasteiger charge is -2.23. The standard InChI is InChI=1S/C17H22N2O4/c20-17(21)19-6-3-13(12-19)1-2-14-9-16(11-18-10-14)23-15-4-7-22-8-5-15/h1-2,9-11,13,15H,3-8,12H2,(H,20,21)/b2-1-/t13-/m0/s1. The second-order valence-corrected chi connectivity index (χ2v) is 6.02. The molecule has 2 fully saturated rings. The molecule has 0 radical (unpaired) electrons. The largest absolute Gasteiger partial charge is 0.489 e. The van der Waals surface area contributed by atoms with Crippen LogP contribution >= 0.6 is 0 Å². The molecule has 124 valence electrons. The van der Waals surface area contributed by atoms with Crippen molar-refractivity contribution in [2.75, 3.05) is 26.3 Å². The molecule has 0 bridgehead atoms. The van der Waals surface area contributed by atoms with Crippen LogP contribution in [-0.2, 0) is 4.74 Å². The van der Waals surface area contributed by atoms with Crippen LogP contribution in [0.4, 0.5) is 4.79 Å². The Morgan fingerprint density at radius 3 is 2.91 bits per heavy atom. The molecule has 2 saturated heterocycles. The Balaban J connectivity index is 1.57. The molecule has 1 atom stereocenters. The van der Waals surface area contributed by atoms with Crippen molar-refractivity contribution in [1.29, 1.82) is 0 Å². The Bertz CT molecular complexity index is 569. The molecule has 1 aromatic rings. The highest BCUT2D eigenvalue weighted by molar-refractivity contribution is 5.65. The van der Waals surface area contributed by atoms with Gasteiger partial charge in [0.25, 0.3) is 0 Å². The number of likely N-dealkylation sites (tertiary alicyclic amines) is 1. The van der Waals surface area contributed by atoms with Crippen molar-refractivity contribution < 1.29 is 19.4 Å². The Morgan fingerprint density at radius 2 is 2.17 bits per heavy atom. The molecule has 0 saturated carbocycles. The summed E-state index contributed by atoms with van der Waals surface area (Å²) in [4.78, 5) is 16.6. The molecule has 1 aromatic heterocycles. The van der Waals surface area contributed by atoms with Gasteiger partial charge in [0, 0.05) is 32.1 Å². The first-order valence-electron chi connectivity index (χ1n) is 8.06. The highest BCUT2D eigenvalue weighted by atomic mass is 16.5. The first-order valence-corrected chi connectivity index (χ1v) is 8.06. The number of hydrogen-bond donors (Lipinski definition) is 1. The SMILES string of the molecule is O=C(O)N1CC[C@H](/C=C\c2cncc(OC3CCOCC3)c2)C1. The summed E-state index contributed by atoms with van der Waals surface area (Å²) in [5.74, 6) is 1.05. The zero-order chi connectivity index (χ0) is 16.1. The highest BCUT2D eigenvalue weighted by Crippen LogP contribution is 2.21. The number of amides is 1. The Labute approximate surface area is 135 Å². The predicted molar refractivity (Wildman–Crippen MR) is 85.4 cm³/mol. The maximum absolute atomic E-state index is 10.9. The fourth-order valence-electron chi connectivity index (χ4n) is 2.94. The van der Waals surface area contributed by atoms with E-state index in [2.05, 4.69) is 11.1 Å². The van der Waals surface area contributed by atoms with E-state index in [9.17, 15) is 4.79 Å². The van der Waals surface area contributed by atoms with Gasteiger partial charge in [-0.2, -0.15) is 0 Å². The Hall–Kier alpha value is -2.08. The summed E-state index contributed by atoms with van der Waals surface area (Å²) >= 11 is 0. The summed E-state index contributed by atoms with van der Waals surface area (Å²) in [7, 11) is 0. The summed E-state index contributed by atoms with van der Waals surface area (Å²) in [5.41, 5.74) is 0.975. The second kappa shape index (κ2) is 7.46. The van der Waals surface area contributed by atoms with Gasteiger partial charge in [0.2, 0.25) is 0 Å². The first-order chi connectivity index (χ1) is 11.2. The van der Waals surface area contributed by atoms with Gasteiger partial charge in [-0.05, 0) is 24.0 Å². The van der Waals surface area contributed by atoms with Gasteiger partial charge in [-0.25, -0.2) is 4.79 Å². The lowest BCUT2D eigenvalue weighted by molar-refractivity contribution is 0.0254. The molecule has 23 heavy (non-hydrogen) atoms. The monoisotopic (exact) mass is 318 g/mol. The van der Waals surface area contributed by atoms with Crippen LogP contribution in [-0.4, -0.2) is 53.5 Å². The normalized spacial score (nSPS) is 22.6. The fourth-order valence-corrected chi connectivity index (χ4v) is 2.94. The lowest BCUT2D eigenvalue weighted by Crippen LogP contribution is -2.26. The molecular weight excluding hydrogens is 296 g/mol. The Kier molecular flexibility index (Phi) is 5.12. The van der Waals surface area contributed by atoms with Gasteiger partial charge in [0.1, 0.15) is 11.9 Å². The van der Waals surface area contributed by atoms with E-state index in [1.807, 2.05) is 12.1 Å². The van der Waals surface area contributed by atoms with Crippen LogP contribution in [0.15, 0.2) is 24.5 Å². The number of hydrogen-bond acceptors (Lipinski definition) is 4. The van der Waals surface area contributed by atoms with Crippen LogP contribution in [0.2, 0.25) is 0 Å². The van der Waals surface area contributed by atoms with Crippen LogP contribution in [0.5, 0.6) is 5.75 Å². The second-order valence-electron chi connectivity index (χ2n) is 6.02. The van der Waals surface area contributed by atoms with E-state index in [1.165, 1.54) is 4.90 Å². The van der Waals surface area contributed by atoms with Crippen molar-refractivity contribution in [1.82, 2.24) is 9.88 Å². The van der Waals surface area contributed by atoms with Crippen LogP contribution in [0, 0.1) is 5.92 Å². The van der Waals surface area contributed by atoms with Crippen LogP contribution < -0.4 is 4.74 Å². The molecule has 1 amide bonds.